The van der Waals surface area contributed by atoms with Gasteiger partial charge in [0.25, 0.3) is 5.91 Å². The zero-order valence-corrected chi connectivity index (χ0v) is 13.8. The molecular weight excluding hydrogens is 324 g/mol. The molecule has 1 fully saturated rings. The van der Waals surface area contributed by atoms with E-state index in [4.69, 9.17) is 17.0 Å². The highest BCUT2D eigenvalue weighted by Crippen LogP contribution is 2.32. The summed E-state index contributed by atoms with van der Waals surface area (Å²) in [5, 5.41) is 13.5. The van der Waals surface area contributed by atoms with Gasteiger partial charge in [-0.15, -0.1) is 0 Å². The van der Waals surface area contributed by atoms with Gasteiger partial charge in [0.15, 0.2) is 16.6 Å². The van der Waals surface area contributed by atoms with Crippen molar-refractivity contribution in [2.45, 2.75) is 6.92 Å². The fourth-order valence-corrected chi connectivity index (χ4v) is 2.73. The van der Waals surface area contributed by atoms with Crippen molar-refractivity contribution in [3.05, 3.63) is 59.8 Å². The minimum Gasteiger partial charge on any atom is -0.504 e. The van der Waals surface area contributed by atoms with Crippen LogP contribution in [0.3, 0.4) is 0 Å². The molecule has 2 N–H and O–H groups in total. The summed E-state index contributed by atoms with van der Waals surface area (Å²) < 4.78 is 5.36. The topological polar surface area (TPSA) is 61.8 Å². The average molecular weight is 340 g/mol. The van der Waals surface area contributed by atoms with Crippen molar-refractivity contribution in [3.8, 4) is 11.5 Å². The van der Waals surface area contributed by atoms with Crippen LogP contribution in [0.15, 0.2) is 54.2 Å². The van der Waals surface area contributed by atoms with Gasteiger partial charge < -0.3 is 15.2 Å². The first-order valence-electron chi connectivity index (χ1n) is 7.48. The minimum atomic E-state index is -0.271. The molecule has 0 bridgehead atoms. The second kappa shape index (κ2) is 6.72. The third-order valence-corrected chi connectivity index (χ3v) is 3.81. The lowest BCUT2D eigenvalue weighted by Crippen LogP contribution is -2.30. The van der Waals surface area contributed by atoms with Gasteiger partial charge in [-0.25, -0.2) is 0 Å². The van der Waals surface area contributed by atoms with Gasteiger partial charge in [0.1, 0.15) is 5.70 Å². The van der Waals surface area contributed by atoms with Crippen LogP contribution in [0.5, 0.6) is 11.5 Å². The van der Waals surface area contributed by atoms with Gasteiger partial charge in [-0.2, -0.15) is 0 Å². The van der Waals surface area contributed by atoms with Crippen LogP contribution in [0.1, 0.15) is 12.5 Å². The standard InChI is InChI=1S/C18H16N2O3S/c1-2-23-15-10-6-7-12(16(15)21)11-14-17(22)20(18(24)19-14)13-8-4-3-5-9-13/h3-11,21H,2H2,1H3,(H,19,24). The molecule has 1 saturated heterocycles. The summed E-state index contributed by atoms with van der Waals surface area (Å²) in [6.45, 7) is 2.28. The van der Waals surface area contributed by atoms with E-state index in [1.165, 1.54) is 4.90 Å². The molecule has 122 valence electrons. The van der Waals surface area contributed by atoms with E-state index in [9.17, 15) is 9.90 Å². The van der Waals surface area contributed by atoms with Gasteiger partial charge in [0.2, 0.25) is 0 Å². The van der Waals surface area contributed by atoms with E-state index < -0.39 is 0 Å². The highest BCUT2D eigenvalue weighted by Gasteiger charge is 2.32. The number of hydrogen-bond donors (Lipinski definition) is 2. The molecule has 0 aliphatic carbocycles. The van der Waals surface area contributed by atoms with Crippen LogP contribution in [0, 0.1) is 0 Å². The molecule has 2 aromatic carbocycles. The molecule has 1 heterocycles. The summed E-state index contributed by atoms with van der Waals surface area (Å²) in [5.41, 5.74) is 1.47. The fourth-order valence-electron chi connectivity index (χ4n) is 2.43. The lowest BCUT2D eigenvalue weighted by atomic mass is 10.1. The van der Waals surface area contributed by atoms with Gasteiger partial charge in [-0.3, -0.25) is 9.69 Å². The second-order valence-electron chi connectivity index (χ2n) is 5.09. The normalized spacial score (nSPS) is 15.7. The van der Waals surface area contributed by atoms with E-state index >= 15 is 0 Å². The van der Waals surface area contributed by atoms with Gasteiger partial charge in [0, 0.05) is 5.56 Å². The first-order chi connectivity index (χ1) is 11.6. The number of anilines is 1. The van der Waals surface area contributed by atoms with Crippen molar-refractivity contribution in [2.24, 2.45) is 0 Å². The average Bonchev–Trinajstić information content (AvgIpc) is 2.86. The van der Waals surface area contributed by atoms with Gasteiger partial charge >= 0.3 is 0 Å². The monoisotopic (exact) mass is 340 g/mol. The van der Waals surface area contributed by atoms with Crippen LogP contribution in [-0.4, -0.2) is 22.7 Å². The van der Waals surface area contributed by atoms with Crippen molar-refractivity contribution in [2.75, 3.05) is 11.5 Å². The SMILES string of the molecule is CCOc1cccc(C=C2NC(=S)N(c3ccccc3)C2=O)c1O. The molecule has 1 amide bonds. The van der Waals surface area contributed by atoms with Crippen molar-refractivity contribution in [3.63, 3.8) is 0 Å². The van der Waals surface area contributed by atoms with Crippen LogP contribution in [0.25, 0.3) is 6.08 Å². The molecule has 6 heteroatoms. The van der Waals surface area contributed by atoms with Crippen molar-refractivity contribution in [1.29, 1.82) is 0 Å². The number of aromatic hydroxyl groups is 1. The lowest BCUT2D eigenvalue weighted by Gasteiger charge is -2.13. The Morgan fingerprint density at radius 3 is 2.67 bits per heavy atom. The number of carbonyl (C=O) groups excluding carboxylic acids is 1. The molecule has 0 spiro atoms. The summed E-state index contributed by atoms with van der Waals surface area (Å²) in [4.78, 5) is 14.1. The number of phenols is 1. The second-order valence-corrected chi connectivity index (χ2v) is 5.48. The first kappa shape index (κ1) is 16.0. The largest absolute Gasteiger partial charge is 0.504 e. The number of phenolic OH excluding ortho intramolecular Hbond substituents is 1. The van der Waals surface area contributed by atoms with Crippen LogP contribution < -0.4 is 15.0 Å². The number of rotatable bonds is 4. The Morgan fingerprint density at radius 2 is 1.96 bits per heavy atom. The Labute approximate surface area is 145 Å². The van der Waals surface area contributed by atoms with Gasteiger partial charge in [-0.1, -0.05) is 30.3 Å². The van der Waals surface area contributed by atoms with E-state index in [-0.39, 0.29) is 11.7 Å². The Balaban J connectivity index is 1.94. The van der Waals surface area contributed by atoms with E-state index in [2.05, 4.69) is 5.32 Å². The fraction of sp³-hybridized carbons (Fsp3) is 0.111. The zero-order chi connectivity index (χ0) is 17.1. The Bertz CT molecular complexity index is 818. The predicted molar refractivity (Wildman–Crippen MR) is 96.9 cm³/mol. The third kappa shape index (κ3) is 2.96. The predicted octanol–water partition coefficient (Wildman–Crippen LogP) is 3.05. The van der Waals surface area contributed by atoms with Crippen molar-refractivity contribution < 1.29 is 14.6 Å². The third-order valence-electron chi connectivity index (χ3n) is 3.52. The number of benzene rings is 2. The number of hydrogen-bond acceptors (Lipinski definition) is 4. The summed E-state index contributed by atoms with van der Waals surface area (Å²) in [5.74, 6) is 0.0951. The highest BCUT2D eigenvalue weighted by atomic mass is 32.1. The van der Waals surface area contributed by atoms with E-state index in [1.54, 1.807) is 24.3 Å². The van der Waals surface area contributed by atoms with Crippen LogP contribution in [0.2, 0.25) is 0 Å². The summed E-state index contributed by atoms with van der Waals surface area (Å²) >= 11 is 5.26. The number of ether oxygens (including phenoxy) is 1. The van der Waals surface area contributed by atoms with Crippen molar-refractivity contribution >= 4 is 35.0 Å². The maximum Gasteiger partial charge on any atom is 0.281 e. The van der Waals surface area contributed by atoms with Crippen molar-refractivity contribution in [1.82, 2.24) is 5.32 Å². The Morgan fingerprint density at radius 1 is 1.21 bits per heavy atom. The summed E-state index contributed by atoms with van der Waals surface area (Å²) in [6.07, 6.45) is 1.56. The number of nitrogens with one attached hydrogen (secondary N) is 1. The van der Waals surface area contributed by atoms with Crippen LogP contribution in [-0.2, 0) is 4.79 Å². The first-order valence-corrected chi connectivity index (χ1v) is 7.89. The van der Waals surface area contributed by atoms with Gasteiger partial charge in [0.05, 0.1) is 12.3 Å². The quantitative estimate of drug-likeness (QED) is 0.662. The molecule has 5 nitrogen and oxygen atoms in total. The zero-order valence-electron chi connectivity index (χ0n) is 13.0. The van der Waals surface area contributed by atoms with Crippen LogP contribution >= 0.6 is 12.2 Å². The van der Waals surface area contributed by atoms with E-state index in [0.29, 0.717) is 34.4 Å². The number of carbonyl (C=O) groups is 1. The minimum absolute atomic E-state index is 0.00877. The van der Waals surface area contributed by atoms with E-state index in [0.717, 1.165) is 0 Å². The number of amides is 1. The number of nitrogens with zero attached hydrogens (tertiary/aromatic N) is 1. The number of para-hydroxylation sites is 2. The lowest BCUT2D eigenvalue weighted by molar-refractivity contribution is -0.113. The Kier molecular flexibility index (Phi) is 4.48. The highest BCUT2D eigenvalue weighted by molar-refractivity contribution is 7.80. The molecule has 1 aliphatic rings. The molecule has 3 rings (SSSR count). The molecule has 0 radical (unpaired) electrons. The molecule has 2 aromatic rings. The molecule has 0 unspecified atom stereocenters. The molecule has 0 atom stereocenters. The van der Waals surface area contributed by atoms with E-state index in [1.807, 2.05) is 37.3 Å². The number of thiocarbonyl (C=S) groups is 1. The summed E-state index contributed by atoms with van der Waals surface area (Å²) in [6, 6.07) is 14.3. The maximum atomic E-state index is 12.6. The Hall–Kier alpha value is -2.86. The van der Waals surface area contributed by atoms with Gasteiger partial charge in [-0.05, 0) is 43.4 Å². The molecule has 0 aromatic heterocycles. The molecule has 1 aliphatic heterocycles. The summed E-state index contributed by atoms with van der Waals surface area (Å²) in [7, 11) is 0. The van der Waals surface area contributed by atoms with Crippen LogP contribution in [0.4, 0.5) is 5.69 Å². The molecular formula is C18H16N2O3S. The molecule has 24 heavy (non-hydrogen) atoms. The smallest absolute Gasteiger partial charge is 0.281 e. The maximum absolute atomic E-state index is 12.6. The molecule has 0 saturated carbocycles.